The number of ether oxygens (including phenoxy) is 1. The molecule has 27 heavy (non-hydrogen) atoms. The van der Waals surface area contributed by atoms with Crippen LogP contribution in [0.5, 0.6) is 0 Å². The summed E-state index contributed by atoms with van der Waals surface area (Å²) in [6.07, 6.45) is 14.8. The second-order valence-corrected chi connectivity index (χ2v) is 8.80. The molecule has 3 nitrogen and oxygen atoms in total. The van der Waals surface area contributed by atoms with E-state index in [9.17, 15) is 9.90 Å². The number of rotatable bonds is 9. The molecule has 0 aromatic carbocycles. The third-order valence-corrected chi connectivity index (χ3v) is 6.11. The van der Waals surface area contributed by atoms with Crippen LogP contribution in [0.25, 0.3) is 0 Å². The van der Waals surface area contributed by atoms with Gasteiger partial charge in [-0.2, -0.15) is 0 Å². The van der Waals surface area contributed by atoms with E-state index >= 15 is 0 Å². The third-order valence-electron chi connectivity index (χ3n) is 4.99. The Balaban J connectivity index is 0.000000277. The van der Waals surface area contributed by atoms with Crippen LogP contribution in [-0.4, -0.2) is 24.3 Å². The first kappa shape index (κ1) is 23.9. The van der Waals surface area contributed by atoms with Crippen molar-refractivity contribution >= 4 is 17.3 Å². The van der Waals surface area contributed by atoms with Crippen LogP contribution in [0, 0.1) is 11.8 Å². The zero-order valence-corrected chi connectivity index (χ0v) is 18.4. The fourth-order valence-electron chi connectivity index (χ4n) is 3.38. The lowest BCUT2D eigenvalue weighted by atomic mass is 10.0. The Hall–Kier alpha value is -1.13. The number of allylic oxidation sites excluding steroid dienone is 1. The van der Waals surface area contributed by atoms with Crippen LogP contribution in [0.2, 0.25) is 0 Å². The van der Waals surface area contributed by atoms with Gasteiger partial charge in [0.05, 0.1) is 13.2 Å². The fourth-order valence-corrected chi connectivity index (χ4v) is 4.41. The van der Waals surface area contributed by atoms with Gasteiger partial charge in [-0.05, 0) is 49.7 Å². The average molecular weight is 395 g/mol. The molecule has 154 valence electrons. The molecule has 0 amide bonds. The monoisotopic (exact) mass is 394 g/mol. The highest BCUT2D eigenvalue weighted by atomic mass is 32.1. The molecule has 1 unspecified atom stereocenters. The van der Waals surface area contributed by atoms with E-state index < -0.39 is 0 Å². The lowest BCUT2D eigenvalue weighted by Crippen LogP contribution is -2.02. The molecule has 1 N–H and O–H groups in total. The minimum absolute atomic E-state index is 0.201. The van der Waals surface area contributed by atoms with E-state index in [2.05, 4.69) is 31.6 Å². The van der Waals surface area contributed by atoms with Crippen LogP contribution in [0.1, 0.15) is 86.7 Å². The van der Waals surface area contributed by atoms with Crippen molar-refractivity contribution in [3.63, 3.8) is 0 Å². The number of unbranched alkanes of at least 4 members (excludes halogenated alkanes) is 2. The number of esters is 1. The molecule has 0 saturated heterocycles. The first-order valence-corrected chi connectivity index (χ1v) is 11.3. The topological polar surface area (TPSA) is 46.5 Å². The highest BCUT2D eigenvalue weighted by Gasteiger charge is 2.18. The molecule has 1 aromatic rings. The second kappa shape index (κ2) is 14.0. The van der Waals surface area contributed by atoms with Gasteiger partial charge in [0.1, 0.15) is 4.88 Å². The van der Waals surface area contributed by atoms with Crippen molar-refractivity contribution in [2.24, 2.45) is 11.8 Å². The predicted octanol–water partition coefficient (Wildman–Crippen LogP) is 6.41. The van der Waals surface area contributed by atoms with Crippen LogP contribution in [0.3, 0.4) is 0 Å². The van der Waals surface area contributed by atoms with E-state index in [0.717, 1.165) is 37.5 Å². The summed E-state index contributed by atoms with van der Waals surface area (Å²) in [6.45, 7) is 6.64. The van der Waals surface area contributed by atoms with Crippen molar-refractivity contribution in [2.75, 3.05) is 7.11 Å². The number of thiophene rings is 1. The summed E-state index contributed by atoms with van der Waals surface area (Å²) in [5.41, 5.74) is 0. The molecule has 0 spiro atoms. The zero-order chi connectivity index (χ0) is 20.1. The van der Waals surface area contributed by atoms with Gasteiger partial charge in [0.25, 0.3) is 0 Å². The minimum Gasteiger partial charge on any atom is -0.465 e. The summed E-state index contributed by atoms with van der Waals surface area (Å²) >= 11 is 1.52. The van der Waals surface area contributed by atoms with Crippen molar-refractivity contribution in [1.82, 2.24) is 0 Å². The summed E-state index contributed by atoms with van der Waals surface area (Å²) in [5.74, 6) is 1.39. The first-order valence-electron chi connectivity index (χ1n) is 10.5. The Morgan fingerprint density at radius 1 is 1.30 bits per heavy atom. The molecule has 2 rings (SSSR count). The summed E-state index contributed by atoms with van der Waals surface area (Å²) in [6, 6.07) is 3.81. The average Bonchev–Trinajstić information content (AvgIpc) is 3.29. The first-order chi connectivity index (χ1) is 13.0. The van der Waals surface area contributed by atoms with Crippen molar-refractivity contribution in [2.45, 2.75) is 84.7 Å². The maximum absolute atomic E-state index is 11.0. The summed E-state index contributed by atoms with van der Waals surface area (Å²) in [5, 5.41) is 9.72. The van der Waals surface area contributed by atoms with Gasteiger partial charge >= 0.3 is 5.97 Å². The van der Waals surface area contributed by atoms with E-state index in [1.807, 2.05) is 18.2 Å². The van der Waals surface area contributed by atoms with E-state index in [-0.39, 0.29) is 12.1 Å². The number of aliphatic hydroxyl groups excluding tert-OH is 1. The molecule has 1 heterocycles. The van der Waals surface area contributed by atoms with Crippen molar-refractivity contribution in [3.05, 3.63) is 34.0 Å². The molecule has 0 aliphatic heterocycles. The van der Waals surface area contributed by atoms with Gasteiger partial charge in [0, 0.05) is 4.88 Å². The number of hydrogen-bond donors (Lipinski definition) is 1. The van der Waals surface area contributed by atoms with E-state index in [4.69, 9.17) is 0 Å². The van der Waals surface area contributed by atoms with Crippen molar-refractivity contribution in [1.29, 1.82) is 0 Å². The lowest BCUT2D eigenvalue weighted by Gasteiger charge is -2.06. The molecular formula is C23H38O3S. The van der Waals surface area contributed by atoms with Gasteiger partial charge in [-0.25, -0.2) is 4.79 Å². The minimum atomic E-state index is -0.234. The Labute approximate surface area is 169 Å². The number of aliphatic hydroxyl groups is 1. The van der Waals surface area contributed by atoms with E-state index in [1.165, 1.54) is 55.4 Å². The quantitative estimate of drug-likeness (QED) is 0.299. The van der Waals surface area contributed by atoms with Gasteiger partial charge in [0.2, 0.25) is 0 Å². The molecule has 1 aliphatic rings. The molecule has 0 radical (unpaired) electrons. The Morgan fingerprint density at radius 2 is 2.07 bits per heavy atom. The van der Waals surface area contributed by atoms with E-state index in [1.54, 1.807) is 0 Å². The number of hydrogen-bond acceptors (Lipinski definition) is 4. The fraction of sp³-hybridized carbons (Fsp3) is 0.696. The smallest absolute Gasteiger partial charge is 0.348 e. The van der Waals surface area contributed by atoms with Crippen molar-refractivity contribution < 1.29 is 14.6 Å². The Morgan fingerprint density at radius 3 is 2.67 bits per heavy atom. The Bertz CT molecular complexity index is 550. The van der Waals surface area contributed by atoms with Crippen LogP contribution < -0.4 is 0 Å². The molecule has 1 fully saturated rings. The number of methoxy groups -OCH3 is 1. The van der Waals surface area contributed by atoms with Gasteiger partial charge in [-0.1, -0.05) is 65.0 Å². The van der Waals surface area contributed by atoms with Crippen LogP contribution in [-0.2, 0) is 11.2 Å². The lowest BCUT2D eigenvalue weighted by molar-refractivity contribution is 0.0606. The normalized spacial score (nSPS) is 20.3. The molecule has 3 atom stereocenters. The van der Waals surface area contributed by atoms with Gasteiger partial charge in [0.15, 0.2) is 0 Å². The molecule has 1 saturated carbocycles. The molecule has 1 aliphatic carbocycles. The maximum Gasteiger partial charge on any atom is 0.348 e. The van der Waals surface area contributed by atoms with Gasteiger partial charge < -0.3 is 9.84 Å². The number of aryl methyl sites for hydroxylation is 1. The standard InChI is InChI=1S/C14H26O.C9H12O2S/c1-3-4-5-6-14(15)10-9-13-8-7-12(2)11-13;1-3-4-7-5-6-8(12-7)9(10)11-2/h9-10,12-15H,3-8,11H2,1-2H3;5-6H,3-4H2,1-2H3/b10-9+;/t12-,13-,14?;/m1./s1. The van der Waals surface area contributed by atoms with Gasteiger partial charge in [-0.3, -0.25) is 0 Å². The maximum atomic E-state index is 11.0. The molecule has 0 bridgehead atoms. The summed E-state index contributed by atoms with van der Waals surface area (Å²) in [4.78, 5) is 13.0. The highest BCUT2D eigenvalue weighted by Crippen LogP contribution is 2.31. The third kappa shape index (κ3) is 10.1. The van der Waals surface area contributed by atoms with Crippen LogP contribution in [0.4, 0.5) is 0 Å². The molecule has 1 aromatic heterocycles. The molecular weight excluding hydrogens is 356 g/mol. The Kier molecular flexibility index (Phi) is 12.4. The van der Waals surface area contributed by atoms with Crippen molar-refractivity contribution in [3.8, 4) is 0 Å². The van der Waals surface area contributed by atoms with E-state index in [0.29, 0.717) is 4.88 Å². The van der Waals surface area contributed by atoms with Crippen LogP contribution >= 0.6 is 11.3 Å². The van der Waals surface area contributed by atoms with Crippen LogP contribution in [0.15, 0.2) is 24.3 Å². The zero-order valence-electron chi connectivity index (χ0n) is 17.6. The number of carbonyl (C=O) groups is 1. The largest absolute Gasteiger partial charge is 0.465 e. The molecule has 4 heteroatoms. The van der Waals surface area contributed by atoms with Gasteiger partial charge in [-0.15, -0.1) is 11.3 Å². The highest BCUT2D eigenvalue weighted by molar-refractivity contribution is 7.13. The number of carbonyl (C=O) groups excluding carboxylic acids is 1. The SMILES string of the molecule is CCCCCC(O)/C=C/[C@H]1CC[C@@H](C)C1.CCCc1ccc(C(=O)OC)s1. The summed E-state index contributed by atoms with van der Waals surface area (Å²) < 4.78 is 4.60. The summed E-state index contributed by atoms with van der Waals surface area (Å²) in [7, 11) is 1.40. The predicted molar refractivity (Wildman–Crippen MR) is 115 cm³/mol. The second-order valence-electron chi connectivity index (χ2n) is 7.63.